The van der Waals surface area contributed by atoms with Crippen LogP contribution in [-0.2, 0) is 17.6 Å². The van der Waals surface area contributed by atoms with Crippen LogP contribution in [0.1, 0.15) is 24.5 Å². The topological polar surface area (TPSA) is 58.6 Å². The molecule has 0 spiro atoms. The van der Waals surface area contributed by atoms with Gasteiger partial charge in [-0.1, -0.05) is 6.07 Å². The van der Waals surface area contributed by atoms with Gasteiger partial charge in [0.05, 0.1) is 5.54 Å². The van der Waals surface area contributed by atoms with E-state index in [1.165, 1.54) is 11.1 Å². The van der Waals surface area contributed by atoms with Gasteiger partial charge in [0.2, 0.25) is 0 Å². The van der Waals surface area contributed by atoms with Gasteiger partial charge in [-0.05, 0) is 55.4 Å². The summed E-state index contributed by atoms with van der Waals surface area (Å²) in [6.07, 6.45) is 2.57. The maximum absolute atomic E-state index is 11.2. The summed E-state index contributed by atoms with van der Waals surface area (Å²) < 4.78 is 5.04. The molecule has 1 aliphatic heterocycles. The molecule has 1 aromatic carbocycles. The van der Waals surface area contributed by atoms with E-state index in [1.54, 1.807) is 6.07 Å². The Bertz CT molecular complexity index is 500. The van der Waals surface area contributed by atoms with Gasteiger partial charge in [0.25, 0.3) is 0 Å². The van der Waals surface area contributed by atoms with Crippen LogP contribution in [0.4, 0.5) is 4.79 Å². The van der Waals surface area contributed by atoms with Crippen molar-refractivity contribution < 1.29 is 14.6 Å². The van der Waals surface area contributed by atoms with E-state index in [0.29, 0.717) is 18.3 Å². The highest BCUT2D eigenvalue weighted by molar-refractivity contribution is 5.70. The molecular formula is C14H17NO3. The highest BCUT2D eigenvalue weighted by Crippen LogP contribution is 2.35. The first-order valence-corrected chi connectivity index (χ1v) is 6.32. The van der Waals surface area contributed by atoms with Crippen molar-refractivity contribution in [1.29, 1.82) is 0 Å². The number of phenols is 1. The number of hydrogen-bond acceptors (Lipinski definition) is 3. The van der Waals surface area contributed by atoms with E-state index in [1.807, 2.05) is 19.1 Å². The van der Waals surface area contributed by atoms with Crippen molar-refractivity contribution in [3.05, 3.63) is 29.3 Å². The molecule has 0 saturated carbocycles. The number of cyclic esters (lactones) is 1. The van der Waals surface area contributed by atoms with Crippen LogP contribution < -0.4 is 5.32 Å². The highest BCUT2D eigenvalue weighted by atomic mass is 16.6. The number of phenolic OH excluding ortho intramolecular Hbond substituents is 1. The van der Waals surface area contributed by atoms with Crippen LogP contribution in [0.5, 0.6) is 5.75 Å². The monoisotopic (exact) mass is 247 g/mol. The van der Waals surface area contributed by atoms with Crippen molar-refractivity contribution in [3.8, 4) is 5.75 Å². The van der Waals surface area contributed by atoms with Crippen LogP contribution in [0.3, 0.4) is 0 Å². The largest absolute Gasteiger partial charge is 0.508 e. The Labute approximate surface area is 106 Å². The van der Waals surface area contributed by atoms with Crippen molar-refractivity contribution in [2.24, 2.45) is 5.92 Å². The van der Waals surface area contributed by atoms with Gasteiger partial charge in [0.15, 0.2) is 0 Å². The molecule has 0 bridgehead atoms. The SMILES string of the molecule is C[C@]1([C@H]2CCc3cc(O)ccc3C2)COC(=O)N1. The lowest BCUT2D eigenvalue weighted by atomic mass is 9.74. The number of aromatic hydroxyl groups is 1. The fourth-order valence-corrected chi connectivity index (χ4v) is 3.03. The van der Waals surface area contributed by atoms with Gasteiger partial charge in [-0.2, -0.15) is 0 Å². The first kappa shape index (κ1) is 11.4. The van der Waals surface area contributed by atoms with Gasteiger partial charge in [-0.25, -0.2) is 4.79 Å². The minimum atomic E-state index is -0.311. The predicted molar refractivity (Wildman–Crippen MR) is 66.5 cm³/mol. The summed E-state index contributed by atoms with van der Waals surface area (Å²) in [7, 11) is 0. The van der Waals surface area contributed by atoms with Gasteiger partial charge in [0.1, 0.15) is 12.4 Å². The number of nitrogens with one attached hydrogen (secondary N) is 1. The summed E-state index contributed by atoms with van der Waals surface area (Å²) in [5, 5.41) is 12.4. The summed E-state index contributed by atoms with van der Waals surface area (Å²) in [5.41, 5.74) is 2.23. The number of hydrogen-bond donors (Lipinski definition) is 2. The van der Waals surface area contributed by atoms with E-state index in [9.17, 15) is 9.90 Å². The Balaban J connectivity index is 1.83. The Hall–Kier alpha value is -1.71. The van der Waals surface area contributed by atoms with Crippen molar-refractivity contribution in [3.63, 3.8) is 0 Å². The van der Waals surface area contributed by atoms with Crippen molar-refractivity contribution in [1.82, 2.24) is 5.32 Å². The zero-order valence-electron chi connectivity index (χ0n) is 10.4. The molecule has 4 nitrogen and oxygen atoms in total. The van der Waals surface area contributed by atoms with Gasteiger partial charge in [-0.15, -0.1) is 0 Å². The second-order valence-electron chi connectivity index (χ2n) is 5.51. The third-order valence-electron chi connectivity index (χ3n) is 4.21. The van der Waals surface area contributed by atoms with Crippen LogP contribution in [0.15, 0.2) is 18.2 Å². The molecular weight excluding hydrogens is 230 g/mol. The van der Waals surface area contributed by atoms with E-state index in [-0.39, 0.29) is 11.6 Å². The Morgan fingerprint density at radius 2 is 2.28 bits per heavy atom. The van der Waals surface area contributed by atoms with E-state index in [4.69, 9.17) is 4.74 Å². The lowest BCUT2D eigenvalue weighted by Gasteiger charge is -2.35. The molecule has 1 saturated heterocycles. The first-order valence-electron chi connectivity index (χ1n) is 6.32. The van der Waals surface area contributed by atoms with E-state index in [0.717, 1.165) is 19.3 Å². The molecule has 0 radical (unpaired) electrons. The second-order valence-corrected chi connectivity index (χ2v) is 5.51. The number of aryl methyl sites for hydroxylation is 1. The summed E-state index contributed by atoms with van der Waals surface area (Å²) in [6, 6.07) is 5.56. The van der Waals surface area contributed by atoms with Crippen molar-refractivity contribution in [2.75, 3.05) is 6.61 Å². The molecule has 2 atom stereocenters. The number of rotatable bonds is 1. The highest BCUT2D eigenvalue weighted by Gasteiger charge is 2.42. The molecule has 1 amide bonds. The average Bonchev–Trinajstić information content (AvgIpc) is 2.70. The molecule has 3 rings (SSSR count). The molecule has 18 heavy (non-hydrogen) atoms. The minimum absolute atomic E-state index is 0.257. The molecule has 0 aromatic heterocycles. The molecule has 4 heteroatoms. The zero-order chi connectivity index (χ0) is 12.8. The van der Waals surface area contributed by atoms with E-state index >= 15 is 0 Å². The summed E-state index contributed by atoms with van der Waals surface area (Å²) in [5.74, 6) is 0.719. The number of benzene rings is 1. The number of fused-ring (bicyclic) bond motifs is 1. The maximum atomic E-state index is 11.2. The number of carbonyl (C=O) groups excluding carboxylic acids is 1. The Morgan fingerprint density at radius 3 is 3.00 bits per heavy atom. The average molecular weight is 247 g/mol. The van der Waals surface area contributed by atoms with E-state index < -0.39 is 0 Å². The maximum Gasteiger partial charge on any atom is 0.407 e. The minimum Gasteiger partial charge on any atom is -0.508 e. The fraction of sp³-hybridized carbons (Fsp3) is 0.500. The number of ether oxygens (including phenoxy) is 1. The molecule has 1 aromatic rings. The third-order valence-corrected chi connectivity index (χ3v) is 4.21. The van der Waals surface area contributed by atoms with E-state index in [2.05, 4.69) is 5.32 Å². The smallest absolute Gasteiger partial charge is 0.407 e. The van der Waals surface area contributed by atoms with Gasteiger partial charge >= 0.3 is 6.09 Å². The van der Waals surface area contributed by atoms with Gasteiger partial charge < -0.3 is 15.2 Å². The lowest BCUT2D eigenvalue weighted by Crippen LogP contribution is -2.49. The van der Waals surface area contributed by atoms with Crippen LogP contribution in [0.25, 0.3) is 0 Å². The van der Waals surface area contributed by atoms with Crippen LogP contribution in [0, 0.1) is 5.92 Å². The van der Waals surface area contributed by atoms with Crippen LogP contribution >= 0.6 is 0 Å². The van der Waals surface area contributed by atoms with Crippen LogP contribution in [0.2, 0.25) is 0 Å². The van der Waals surface area contributed by atoms with Crippen LogP contribution in [-0.4, -0.2) is 23.3 Å². The van der Waals surface area contributed by atoms with Gasteiger partial charge in [0, 0.05) is 0 Å². The summed E-state index contributed by atoms with van der Waals surface area (Å²) >= 11 is 0. The van der Waals surface area contributed by atoms with Crippen molar-refractivity contribution in [2.45, 2.75) is 31.7 Å². The van der Waals surface area contributed by atoms with Gasteiger partial charge in [-0.3, -0.25) is 0 Å². The Kier molecular flexibility index (Phi) is 2.47. The summed E-state index contributed by atoms with van der Waals surface area (Å²) in [6.45, 7) is 2.50. The third kappa shape index (κ3) is 1.82. The first-order chi connectivity index (χ1) is 8.57. The lowest BCUT2D eigenvalue weighted by molar-refractivity contribution is 0.161. The molecule has 1 fully saturated rings. The van der Waals surface area contributed by atoms with Crippen molar-refractivity contribution >= 4 is 6.09 Å². The fourth-order valence-electron chi connectivity index (χ4n) is 3.03. The zero-order valence-corrected chi connectivity index (χ0v) is 10.4. The number of alkyl carbamates (subject to hydrolysis) is 1. The number of amides is 1. The number of carbonyl (C=O) groups is 1. The molecule has 2 aliphatic rings. The molecule has 0 unspecified atom stereocenters. The normalized spacial score (nSPS) is 30.5. The second kappa shape index (κ2) is 3.90. The molecule has 1 aliphatic carbocycles. The standard InChI is InChI=1S/C14H17NO3/c1-14(8-18-13(17)15-14)11-4-2-10-7-12(16)5-3-9(10)6-11/h3,5,7,11,16H,2,4,6,8H2,1H3,(H,15,17)/t11-,14+/m0/s1. The predicted octanol–water partition coefficient (Wildman–Crippen LogP) is 2.00. The molecule has 2 N–H and O–H groups in total. The molecule has 1 heterocycles. The molecule has 96 valence electrons. The summed E-state index contributed by atoms with van der Waals surface area (Å²) in [4.78, 5) is 11.2. The quantitative estimate of drug-likeness (QED) is 0.798. The Morgan fingerprint density at radius 1 is 1.44 bits per heavy atom.